The third kappa shape index (κ3) is 6.66. The van der Waals surface area contributed by atoms with Gasteiger partial charge < -0.3 is 9.47 Å². The van der Waals surface area contributed by atoms with E-state index in [9.17, 15) is 0 Å². The molecule has 0 fully saturated rings. The third-order valence-electron chi connectivity index (χ3n) is 1.08. The van der Waals surface area contributed by atoms with Crippen molar-refractivity contribution in [3.8, 4) is 11.8 Å². The van der Waals surface area contributed by atoms with E-state index in [4.69, 9.17) is 9.47 Å². The quantitative estimate of drug-likeness (QED) is 0.413. The summed E-state index contributed by atoms with van der Waals surface area (Å²) in [6, 6.07) is 0. The van der Waals surface area contributed by atoms with Crippen molar-refractivity contribution in [2.45, 2.75) is 26.6 Å². The summed E-state index contributed by atoms with van der Waals surface area (Å²) < 4.78 is 10.4. The van der Waals surface area contributed by atoms with E-state index in [1.807, 2.05) is 13.8 Å². The van der Waals surface area contributed by atoms with Crippen LogP contribution in [0.1, 0.15) is 20.3 Å². The normalized spacial score (nSPS) is 9.67. The summed E-state index contributed by atoms with van der Waals surface area (Å²) in [6.45, 7) is 5.12. The molecule has 12 heavy (non-hydrogen) atoms. The first-order chi connectivity index (χ1) is 5.85. The Morgan fingerprint density at radius 2 is 1.83 bits per heavy atom. The molecule has 0 aliphatic heterocycles. The maximum absolute atomic E-state index is 5.22. The summed E-state index contributed by atoms with van der Waals surface area (Å²) in [5.74, 6) is 5.86. The van der Waals surface area contributed by atoms with Crippen molar-refractivity contribution in [1.82, 2.24) is 0 Å². The molecule has 0 unspecified atom stereocenters. The zero-order chi connectivity index (χ0) is 9.23. The van der Waals surface area contributed by atoms with Crippen molar-refractivity contribution >= 4 is 15.9 Å². The van der Waals surface area contributed by atoms with Crippen molar-refractivity contribution in [2.24, 2.45) is 0 Å². The van der Waals surface area contributed by atoms with Crippen LogP contribution in [0.3, 0.4) is 0 Å². The van der Waals surface area contributed by atoms with Crippen molar-refractivity contribution in [1.29, 1.82) is 0 Å². The van der Waals surface area contributed by atoms with Gasteiger partial charge in [0, 0.05) is 25.0 Å². The van der Waals surface area contributed by atoms with Crippen molar-refractivity contribution < 1.29 is 9.47 Å². The number of hydrogen-bond donors (Lipinski definition) is 0. The van der Waals surface area contributed by atoms with Gasteiger partial charge in [-0.15, -0.1) is 0 Å². The first kappa shape index (κ1) is 12.0. The Hall–Kier alpha value is -0.0400. The van der Waals surface area contributed by atoms with Crippen LogP contribution >= 0.6 is 15.9 Å². The highest BCUT2D eigenvalue weighted by Crippen LogP contribution is 1.93. The molecule has 0 aromatic rings. The molecule has 0 saturated heterocycles. The summed E-state index contributed by atoms with van der Waals surface area (Å²) in [5, 5.41) is 0.894. The Morgan fingerprint density at radius 3 is 2.25 bits per heavy atom. The van der Waals surface area contributed by atoms with E-state index in [2.05, 4.69) is 27.8 Å². The standard InChI is InChI=1S/C9H15BrO2/c1-3-11-9(12-4-2)7-5-6-8-10/h9H,3-4,6,8H2,1-2H3. The lowest BCUT2D eigenvalue weighted by atomic mass is 10.4. The summed E-state index contributed by atoms with van der Waals surface area (Å²) >= 11 is 3.29. The molecule has 2 nitrogen and oxygen atoms in total. The zero-order valence-corrected chi connectivity index (χ0v) is 9.19. The predicted octanol–water partition coefficient (Wildman–Crippen LogP) is 2.17. The first-order valence-electron chi connectivity index (χ1n) is 4.12. The number of alkyl halides is 1. The van der Waals surface area contributed by atoms with Crippen LogP contribution in [0.25, 0.3) is 0 Å². The minimum absolute atomic E-state index is 0.348. The van der Waals surface area contributed by atoms with Gasteiger partial charge in [-0.1, -0.05) is 21.9 Å². The SMILES string of the molecule is CCOC(C#CCCBr)OCC. The van der Waals surface area contributed by atoms with Crippen LogP contribution in [-0.2, 0) is 9.47 Å². The maximum Gasteiger partial charge on any atom is 0.222 e. The van der Waals surface area contributed by atoms with Gasteiger partial charge in [-0.3, -0.25) is 0 Å². The highest BCUT2D eigenvalue weighted by atomic mass is 79.9. The lowest BCUT2D eigenvalue weighted by molar-refractivity contribution is -0.0970. The Labute approximate surface area is 82.8 Å². The summed E-state index contributed by atoms with van der Waals surface area (Å²) in [4.78, 5) is 0. The molecule has 70 valence electrons. The molecule has 0 heterocycles. The molecule has 0 spiro atoms. The molecule has 0 bridgehead atoms. The number of hydrogen-bond acceptors (Lipinski definition) is 2. The van der Waals surface area contributed by atoms with Gasteiger partial charge in [0.1, 0.15) is 0 Å². The van der Waals surface area contributed by atoms with Gasteiger partial charge in [-0.25, -0.2) is 0 Å². The Bertz CT molecular complexity index is 142. The van der Waals surface area contributed by atoms with Gasteiger partial charge in [0.15, 0.2) is 0 Å². The average Bonchev–Trinajstić information content (AvgIpc) is 2.06. The first-order valence-corrected chi connectivity index (χ1v) is 5.24. The number of rotatable bonds is 5. The van der Waals surface area contributed by atoms with Crippen molar-refractivity contribution in [3.63, 3.8) is 0 Å². The van der Waals surface area contributed by atoms with E-state index in [0.29, 0.717) is 13.2 Å². The van der Waals surface area contributed by atoms with Crippen LogP contribution < -0.4 is 0 Å². The fourth-order valence-corrected chi connectivity index (χ4v) is 0.835. The predicted molar refractivity (Wildman–Crippen MR) is 53.2 cm³/mol. The van der Waals surface area contributed by atoms with Crippen LogP contribution in [0.15, 0.2) is 0 Å². The van der Waals surface area contributed by atoms with E-state index >= 15 is 0 Å². The fraction of sp³-hybridized carbons (Fsp3) is 0.778. The fourth-order valence-electron chi connectivity index (χ4n) is 0.637. The molecule has 0 aliphatic rings. The van der Waals surface area contributed by atoms with E-state index in [1.165, 1.54) is 0 Å². The summed E-state index contributed by atoms with van der Waals surface area (Å²) in [7, 11) is 0. The van der Waals surface area contributed by atoms with Gasteiger partial charge >= 0.3 is 0 Å². The number of ether oxygens (including phenoxy) is 2. The van der Waals surface area contributed by atoms with Crippen molar-refractivity contribution in [2.75, 3.05) is 18.5 Å². The highest BCUT2D eigenvalue weighted by Gasteiger charge is 2.00. The van der Waals surface area contributed by atoms with Crippen LogP contribution in [0.2, 0.25) is 0 Å². The molecule has 3 heteroatoms. The van der Waals surface area contributed by atoms with Gasteiger partial charge in [0.2, 0.25) is 6.29 Å². The molecular formula is C9H15BrO2. The lowest BCUT2D eigenvalue weighted by Gasteiger charge is -2.09. The van der Waals surface area contributed by atoms with E-state index in [0.717, 1.165) is 11.8 Å². The second kappa shape index (κ2) is 9.05. The van der Waals surface area contributed by atoms with E-state index in [-0.39, 0.29) is 6.29 Å². The molecule has 0 saturated carbocycles. The summed E-state index contributed by atoms with van der Waals surface area (Å²) in [6.07, 6.45) is 0.482. The van der Waals surface area contributed by atoms with Crippen molar-refractivity contribution in [3.05, 3.63) is 0 Å². The molecule has 0 amide bonds. The maximum atomic E-state index is 5.22. The highest BCUT2D eigenvalue weighted by molar-refractivity contribution is 9.09. The molecule has 0 aliphatic carbocycles. The lowest BCUT2D eigenvalue weighted by Crippen LogP contribution is -2.14. The smallest absolute Gasteiger partial charge is 0.222 e. The summed E-state index contributed by atoms with van der Waals surface area (Å²) in [5.41, 5.74) is 0. The molecule has 0 aromatic heterocycles. The average molecular weight is 235 g/mol. The number of halogens is 1. The van der Waals surface area contributed by atoms with Gasteiger partial charge in [-0.05, 0) is 19.8 Å². The largest absolute Gasteiger partial charge is 0.342 e. The van der Waals surface area contributed by atoms with Crippen LogP contribution in [0.4, 0.5) is 0 Å². The minimum atomic E-state index is -0.348. The molecule has 0 N–H and O–H groups in total. The monoisotopic (exact) mass is 234 g/mol. The third-order valence-corrected chi connectivity index (χ3v) is 1.47. The second-order valence-corrected chi connectivity index (χ2v) is 2.80. The Morgan fingerprint density at radius 1 is 1.25 bits per heavy atom. The second-order valence-electron chi connectivity index (χ2n) is 2.00. The minimum Gasteiger partial charge on any atom is -0.342 e. The van der Waals surface area contributed by atoms with Crippen LogP contribution in [0, 0.1) is 11.8 Å². The van der Waals surface area contributed by atoms with Crippen LogP contribution in [-0.4, -0.2) is 24.8 Å². The van der Waals surface area contributed by atoms with Gasteiger partial charge in [0.05, 0.1) is 0 Å². The zero-order valence-electron chi connectivity index (χ0n) is 7.60. The molecule has 0 rings (SSSR count). The van der Waals surface area contributed by atoms with Gasteiger partial charge in [-0.2, -0.15) is 0 Å². The molecule has 0 aromatic carbocycles. The molecular weight excluding hydrogens is 220 g/mol. The molecule has 0 radical (unpaired) electrons. The van der Waals surface area contributed by atoms with E-state index < -0.39 is 0 Å². The Balaban J connectivity index is 3.70. The Kier molecular flexibility index (Phi) is 9.02. The van der Waals surface area contributed by atoms with Crippen LogP contribution in [0.5, 0.6) is 0 Å². The van der Waals surface area contributed by atoms with Gasteiger partial charge in [0.25, 0.3) is 0 Å². The van der Waals surface area contributed by atoms with E-state index in [1.54, 1.807) is 0 Å². The molecule has 0 atom stereocenters. The topological polar surface area (TPSA) is 18.5 Å².